The van der Waals surface area contributed by atoms with Crippen molar-refractivity contribution in [2.24, 2.45) is 0 Å². The fourth-order valence-electron chi connectivity index (χ4n) is 1.52. The molecule has 4 nitrogen and oxygen atoms in total. The molecule has 0 aliphatic rings. The second-order valence-corrected chi connectivity index (χ2v) is 5.99. The Morgan fingerprint density at radius 1 is 1.24 bits per heavy atom. The zero-order valence-corrected chi connectivity index (χ0v) is 11.8. The number of carboxylic acids is 1. The smallest absolute Gasteiger partial charge is 0.304 e. The van der Waals surface area contributed by atoms with Crippen LogP contribution in [0.3, 0.4) is 0 Å². The number of aliphatic carboxylic acids is 1. The zero-order valence-electron chi connectivity index (χ0n) is 11.0. The number of carboxylic acid groups (broad SMARTS) is 1. The van der Waals surface area contributed by atoms with Gasteiger partial charge in [0.25, 0.3) is 0 Å². The van der Waals surface area contributed by atoms with E-state index in [1.165, 1.54) is 11.8 Å². The third-order valence-electron chi connectivity index (χ3n) is 2.60. The summed E-state index contributed by atoms with van der Waals surface area (Å²) >= 11 is 1.41. The van der Waals surface area contributed by atoms with Crippen LogP contribution in [0.4, 0.5) is 0 Å². The van der Waals surface area contributed by atoms with Gasteiger partial charge in [0, 0.05) is 11.3 Å². The van der Waals surface area contributed by atoms with E-state index in [-0.39, 0.29) is 28.9 Å². The van der Waals surface area contributed by atoms with Gasteiger partial charge in [-0.25, -0.2) is 0 Å². The van der Waals surface area contributed by atoms with E-state index in [2.05, 4.69) is 5.32 Å². The molecule has 2 atom stereocenters. The monoisotopic (exact) mass is 261 g/mol. The van der Waals surface area contributed by atoms with Crippen LogP contribution in [0.2, 0.25) is 0 Å². The number of carbonyl (C=O) groups is 2. The molecule has 0 aromatic carbocycles. The molecule has 0 aromatic heterocycles. The molecule has 0 radical (unpaired) electrons. The van der Waals surface area contributed by atoms with Gasteiger partial charge in [0.05, 0.1) is 11.7 Å². The van der Waals surface area contributed by atoms with Crippen molar-refractivity contribution in [3.8, 4) is 0 Å². The van der Waals surface area contributed by atoms with E-state index in [1.807, 2.05) is 27.7 Å². The van der Waals surface area contributed by atoms with Gasteiger partial charge < -0.3 is 10.4 Å². The van der Waals surface area contributed by atoms with Crippen LogP contribution >= 0.6 is 11.8 Å². The molecule has 0 saturated carbocycles. The third kappa shape index (κ3) is 7.26. The first-order valence-corrected chi connectivity index (χ1v) is 7.02. The highest BCUT2D eigenvalue weighted by Gasteiger charge is 2.20. The third-order valence-corrected chi connectivity index (χ3v) is 3.85. The van der Waals surface area contributed by atoms with Gasteiger partial charge in [-0.2, -0.15) is 0 Å². The fraction of sp³-hybridized carbons (Fsp3) is 0.833. The van der Waals surface area contributed by atoms with Gasteiger partial charge in [-0.3, -0.25) is 9.59 Å². The van der Waals surface area contributed by atoms with Crippen molar-refractivity contribution in [3.05, 3.63) is 0 Å². The molecule has 1 amide bonds. The van der Waals surface area contributed by atoms with Crippen molar-refractivity contribution >= 4 is 23.6 Å². The number of thioether (sulfide) groups is 1. The van der Waals surface area contributed by atoms with Crippen LogP contribution in [0.15, 0.2) is 0 Å². The van der Waals surface area contributed by atoms with Crippen LogP contribution < -0.4 is 5.32 Å². The largest absolute Gasteiger partial charge is 0.481 e. The summed E-state index contributed by atoms with van der Waals surface area (Å²) in [5, 5.41) is 11.4. The summed E-state index contributed by atoms with van der Waals surface area (Å²) in [6.45, 7) is 7.74. The Labute approximate surface area is 108 Å². The van der Waals surface area contributed by atoms with E-state index < -0.39 is 5.97 Å². The summed E-state index contributed by atoms with van der Waals surface area (Å²) in [6.07, 6.45) is 1.93. The minimum atomic E-state index is -0.822. The Kier molecular flexibility index (Phi) is 8.04. The molecule has 2 N–H and O–H groups in total. The molecule has 0 spiro atoms. The van der Waals surface area contributed by atoms with E-state index in [4.69, 9.17) is 5.11 Å². The van der Waals surface area contributed by atoms with E-state index in [0.29, 0.717) is 0 Å². The van der Waals surface area contributed by atoms with Crippen LogP contribution in [-0.4, -0.2) is 33.5 Å². The molecule has 2 unspecified atom stereocenters. The van der Waals surface area contributed by atoms with Crippen molar-refractivity contribution in [3.63, 3.8) is 0 Å². The number of nitrogens with one attached hydrogen (secondary N) is 1. The predicted octanol–water partition coefficient (Wildman–Crippen LogP) is 2.28. The highest BCUT2D eigenvalue weighted by Crippen LogP contribution is 2.20. The van der Waals surface area contributed by atoms with Crippen LogP contribution in [0, 0.1) is 0 Å². The number of hydrogen-bond donors (Lipinski definition) is 2. The molecule has 0 heterocycles. The first-order valence-electron chi connectivity index (χ1n) is 6.08. The van der Waals surface area contributed by atoms with Crippen molar-refractivity contribution in [2.45, 2.75) is 63.5 Å². The number of amides is 1. The Morgan fingerprint density at radius 2 is 1.76 bits per heavy atom. The second-order valence-electron chi connectivity index (χ2n) is 4.21. The maximum Gasteiger partial charge on any atom is 0.304 e. The fourth-order valence-corrected chi connectivity index (χ4v) is 2.64. The Bertz CT molecular complexity index is 254. The molecule has 0 fully saturated rings. The molecule has 17 heavy (non-hydrogen) atoms. The minimum absolute atomic E-state index is 0.000869. The molecule has 5 heteroatoms. The van der Waals surface area contributed by atoms with Crippen LogP contribution in [0.5, 0.6) is 0 Å². The van der Waals surface area contributed by atoms with E-state index in [0.717, 1.165) is 12.8 Å². The van der Waals surface area contributed by atoms with Crippen molar-refractivity contribution in [1.29, 1.82) is 0 Å². The summed E-state index contributed by atoms with van der Waals surface area (Å²) in [5.41, 5.74) is 0. The summed E-state index contributed by atoms with van der Waals surface area (Å²) < 4.78 is 0. The standard InChI is InChI=1S/C12H23NO3S/c1-5-10(6-2)13-12(16)9(4)17-8(3)7-11(14)15/h8-10H,5-7H2,1-4H3,(H,13,16)(H,14,15). The zero-order chi connectivity index (χ0) is 13.4. The van der Waals surface area contributed by atoms with Gasteiger partial charge in [-0.05, 0) is 19.8 Å². The van der Waals surface area contributed by atoms with Crippen LogP contribution in [-0.2, 0) is 9.59 Å². The van der Waals surface area contributed by atoms with Crippen LogP contribution in [0.1, 0.15) is 47.0 Å². The maximum atomic E-state index is 11.8. The van der Waals surface area contributed by atoms with E-state index in [1.54, 1.807) is 0 Å². The van der Waals surface area contributed by atoms with Crippen molar-refractivity contribution in [1.82, 2.24) is 5.32 Å². The Hall–Kier alpha value is -0.710. The molecule has 100 valence electrons. The number of rotatable bonds is 8. The summed E-state index contributed by atoms with van der Waals surface area (Å²) in [5.74, 6) is -0.821. The highest BCUT2D eigenvalue weighted by molar-refractivity contribution is 8.01. The lowest BCUT2D eigenvalue weighted by Crippen LogP contribution is -2.39. The van der Waals surface area contributed by atoms with Gasteiger partial charge in [0.2, 0.25) is 5.91 Å². The van der Waals surface area contributed by atoms with Gasteiger partial charge in [-0.1, -0.05) is 20.8 Å². The van der Waals surface area contributed by atoms with Crippen molar-refractivity contribution in [2.75, 3.05) is 0 Å². The van der Waals surface area contributed by atoms with Gasteiger partial charge in [0.1, 0.15) is 0 Å². The minimum Gasteiger partial charge on any atom is -0.481 e. The molecular weight excluding hydrogens is 238 g/mol. The lowest BCUT2D eigenvalue weighted by atomic mass is 10.2. The van der Waals surface area contributed by atoms with E-state index in [9.17, 15) is 9.59 Å². The normalized spacial score (nSPS) is 14.4. The number of hydrogen-bond acceptors (Lipinski definition) is 3. The quantitative estimate of drug-likeness (QED) is 0.703. The molecule has 0 rings (SSSR count). The van der Waals surface area contributed by atoms with Gasteiger partial charge >= 0.3 is 5.97 Å². The molecule has 0 saturated heterocycles. The number of carbonyl (C=O) groups excluding carboxylic acids is 1. The van der Waals surface area contributed by atoms with Crippen LogP contribution in [0.25, 0.3) is 0 Å². The first-order chi connectivity index (χ1) is 7.90. The molecular formula is C12H23NO3S. The average molecular weight is 261 g/mol. The highest BCUT2D eigenvalue weighted by atomic mass is 32.2. The summed E-state index contributed by atoms with van der Waals surface area (Å²) in [6, 6.07) is 0.223. The SMILES string of the molecule is CCC(CC)NC(=O)C(C)SC(C)CC(=O)O. The molecule has 0 aromatic rings. The first kappa shape index (κ1) is 16.3. The van der Waals surface area contributed by atoms with Gasteiger partial charge in [0.15, 0.2) is 0 Å². The van der Waals surface area contributed by atoms with Gasteiger partial charge in [-0.15, -0.1) is 11.8 Å². The van der Waals surface area contributed by atoms with Crippen molar-refractivity contribution < 1.29 is 14.7 Å². The molecule has 0 aliphatic carbocycles. The average Bonchev–Trinajstić information content (AvgIpc) is 2.23. The Morgan fingerprint density at radius 3 is 2.18 bits per heavy atom. The Balaban J connectivity index is 4.08. The topological polar surface area (TPSA) is 66.4 Å². The summed E-state index contributed by atoms with van der Waals surface area (Å²) in [4.78, 5) is 22.3. The predicted molar refractivity (Wildman–Crippen MR) is 71.3 cm³/mol. The molecule has 0 bridgehead atoms. The lowest BCUT2D eigenvalue weighted by Gasteiger charge is -2.20. The summed E-state index contributed by atoms with van der Waals surface area (Å²) in [7, 11) is 0. The lowest BCUT2D eigenvalue weighted by molar-refractivity contribution is -0.137. The molecule has 0 aliphatic heterocycles. The second kappa shape index (κ2) is 8.39. The van der Waals surface area contributed by atoms with E-state index >= 15 is 0 Å². The maximum absolute atomic E-state index is 11.8.